The Hall–Kier alpha value is -1.33. The molecule has 17 heavy (non-hydrogen) atoms. The first-order chi connectivity index (χ1) is 8.00. The maximum absolute atomic E-state index is 12.9. The zero-order valence-electron chi connectivity index (χ0n) is 10.5. The molecule has 2 heteroatoms. The van der Waals surface area contributed by atoms with Crippen LogP contribution >= 0.6 is 7.14 Å². The molecule has 0 heterocycles. The molecule has 0 spiro atoms. The second kappa shape index (κ2) is 4.50. The first kappa shape index (κ1) is 12.1. The van der Waals surface area contributed by atoms with Gasteiger partial charge in [-0.2, -0.15) is 0 Å². The maximum atomic E-state index is 12.9. The van der Waals surface area contributed by atoms with E-state index in [4.69, 9.17) is 0 Å². The van der Waals surface area contributed by atoms with E-state index in [0.29, 0.717) is 0 Å². The van der Waals surface area contributed by atoms with E-state index in [1.54, 1.807) is 0 Å². The van der Waals surface area contributed by atoms with Crippen molar-refractivity contribution in [1.29, 1.82) is 0 Å². The molecule has 0 aliphatic carbocycles. The summed E-state index contributed by atoms with van der Waals surface area (Å²) in [7, 11) is -2.45. The van der Waals surface area contributed by atoms with Crippen molar-refractivity contribution in [3.05, 3.63) is 59.7 Å². The fraction of sp³-hybridized carbons (Fsp3) is 0.200. The fourth-order valence-corrected chi connectivity index (χ4v) is 4.00. The summed E-state index contributed by atoms with van der Waals surface area (Å²) in [4.78, 5) is 0. The van der Waals surface area contributed by atoms with Crippen molar-refractivity contribution >= 4 is 17.8 Å². The summed E-state index contributed by atoms with van der Waals surface area (Å²) in [5, 5.41) is 1.87. The number of aryl methyl sites for hydroxylation is 2. The van der Waals surface area contributed by atoms with Crippen LogP contribution in [0.3, 0.4) is 0 Å². The topological polar surface area (TPSA) is 17.1 Å². The Morgan fingerprint density at radius 2 is 1.35 bits per heavy atom. The molecule has 88 valence electrons. The van der Waals surface area contributed by atoms with Crippen molar-refractivity contribution in [1.82, 2.24) is 0 Å². The highest BCUT2D eigenvalue weighted by molar-refractivity contribution is 7.78. The number of hydrogen-bond acceptors (Lipinski definition) is 1. The van der Waals surface area contributed by atoms with Crippen LogP contribution < -0.4 is 10.6 Å². The SMILES string of the molecule is Cc1cc(C)cc(P(C)(=O)c2ccccc2)c1. The lowest BCUT2D eigenvalue weighted by Crippen LogP contribution is -2.15. The van der Waals surface area contributed by atoms with Crippen molar-refractivity contribution in [3.8, 4) is 0 Å². The van der Waals surface area contributed by atoms with Gasteiger partial charge in [-0.05, 0) is 32.6 Å². The lowest BCUT2D eigenvalue weighted by atomic mass is 10.2. The van der Waals surface area contributed by atoms with Gasteiger partial charge in [0.25, 0.3) is 0 Å². The standard InChI is InChI=1S/C15H17OP/c1-12-9-13(2)11-15(10-12)17(3,16)14-7-5-4-6-8-14/h4-11H,1-3H3. The van der Waals surface area contributed by atoms with Crippen molar-refractivity contribution in [3.63, 3.8) is 0 Å². The third kappa shape index (κ3) is 2.50. The zero-order valence-corrected chi connectivity index (χ0v) is 11.4. The van der Waals surface area contributed by atoms with E-state index in [9.17, 15) is 4.57 Å². The third-order valence-electron chi connectivity index (χ3n) is 2.95. The number of hydrogen-bond donors (Lipinski definition) is 0. The van der Waals surface area contributed by atoms with Crippen LogP contribution in [0.25, 0.3) is 0 Å². The van der Waals surface area contributed by atoms with Crippen molar-refractivity contribution in [2.24, 2.45) is 0 Å². The molecule has 0 radical (unpaired) electrons. The van der Waals surface area contributed by atoms with Gasteiger partial charge in [-0.25, -0.2) is 0 Å². The summed E-state index contributed by atoms with van der Waals surface area (Å²) in [5.74, 6) is 0. The van der Waals surface area contributed by atoms with Gasteiger partial charge in [0.2, 0.25) is 0 Å². The first-order valence-corrected chi connectivity index (χ1v) is 7.87. The molecule has 0 fully saturated rings. The average Bonchev–Trinajstić information content (AvgIpc) is 2.29. The Morgan fingerprint density at radius 3 is 1.88 bits per heavy atom. The minimum Gasteiger partial charge on any atom is -0.314 e. The van der Waals surface area contributed by atoms with Crippen LogP contribution in [0.1, 0.15) is 11.1 Å². The molecule has 0 aliphatic heterocycles. The molecule has 0 aliphatic rings. The monoisotopic (exact) mass is 244 g/mol. The quantitative estimate of drug-likeness (QED) is 0.741. The van der Waals surface area contributed by atoms with E-state index in [2.05, 4.69) is 6.07 Å². The summed E-state index contributed by atoms with van der Waals surface area (Å²) >= 11 is 0. The van der Waals surface area contributed by atoms with Crippen LogP contribution in [0.4, 0.5) is 0 Å². The Bertz CT molecular complexity index is 552. The van der Waals surface area contributed by atoms with Gasteiger partial charge < -0.3 is 4.57 Å². The molecule has 2 aromatic carbocycles. The Kier molecular flexibility index (Phi) is 3.22. The highest BCUT2D eigenvalue weighted by atomic mass is 31.2. The molecule has 1 unspecified atom stereocenters. The largest absolute Gasteiger partial charge is 0.314 e. The highest BCUT2D eigenvalue weighted by Crippen LogP contribution is 2.38. The van der Waals surface area contributed by atoms with E-state index < -0.39 is 7.14 Å². The predicted octanol–water partition coefficient (Wildman–Crippen LogP) is 3.25. The lowest BCUT2D eigenvalue weighted by molar-refractivity contribution is 0.590. The minimum atomic E-state index is -2.45. The van der Waals surface area contributed by atoms with Crippen molar-refractivity contribution in [2.75, 3.05) is 6.66 Å². The molecular formula is C15H17OP. The van der Waals surface area contributed by atoms with Gasteiger partial charge >= 0.3 is 0 Å². The summed E-state index contributed by atoms with van der Waals surface area (Å²) < 4.78 is 12.9. The summed E-state index contributed by atoms with van der Waals surface area (Å²) in [5.41, 5.74) is 2.33. The second-order valence-corrected chi connectivity index (χ2v) is 7.49. The lowest BCUT2D eigenvalue weighted by Gasteiger charge is -2.15. The summed E-state index contributed by atoms with van der Waals surface area (Å²) in [6, 6.07) is 15.9. The average molecular weight is 244 g/mol. The first-order valence-electron chi connectivity index (χ1n) is 5.72. The van der Waals surface area contributed by atoms with Gasteiger partial charge in [-0.1, -0.05) is 47.5 Å². The molecule has 2 rings (SSSR count). The Morgan fingerprint density at radius 1 is 0.824 bits per heavy atom. The smallest absolute Gasteiger partial charge is 0.140 e. The van der Waals surface area contributed by atoms with E-state index in [1.807, 2.05) is 63.0 Å². The highest BCUT2D eigenvalue weighted by Gasteiger charge is 2.20. The van der Waals surface area contributed by atoms with Crippen LogP contribution in [-0.4, -0.2) is 6.66 Å². The van der Waals surface area contributed by atoms with Crippen LogP contribution in [0, 0.1) is 13.8 Å². The van der Waals surface area contributed by atoms with Crippen LogP contribution in [0.2, 0.25) is 0 Å². The van der Waals surface area contributed by atoms with Crippen molar-refractivity contribution < 1.29 is 4.57 Å². The van der Waals surface area contributed by atoms with E-state index in [0.717, 1.165) is 21.7 Å². The van der Waals surface area contributed by atoms with Gasteiger partial charge in [0.15, 0.2) is 0 Å². The molecule has 0 bridgehead atoms. The molecule has 0 amide bonds. The maximum Gasteiger partial charge on any atom is 0.140 e. The second-order valence-electron chi connectivity index (χ2n) is 4.61. The van der Waals surface area contributed by atoms with Gasteiger partial charge in [0.1, 0.15) is 7.14 Å². The van der Waals surface area contributed by atoms with E-state index in [-0.39, 0.29) is 0 Å². The minimum absolute atomic E-state index is 0.921. The zero-order chi connectivity index (χ0) is 12.5. The third-order valence-corrected chi connectivity index (χ3v) is 5.48. The molecule has 0 saturated heterocycles. The Labute approximate surface area is 103 Å². The molecule has 0 saturated carbocycles. The van der Waals surface area contributed by atoms with E-state index in [1.165, 1.54) is 0 Å². The van der Waals surface area contributed by atoms with Crippen LogP contribution in [0.15, 0.2) is 48.5 Å². The molecule has 1 atom stereocenters. The number of rotatable bonds is 2. The molecule has 1 nitrogen and oxygen atoms in total. The van der Waals surface area contributed by atoms with Crippen LogP contribution in [0.5, 0.6) is 0 Å². The van der Waals surface area contributed by atoms with Gasteiger partial charge in [-0.15, -0.1) is 0 Å². The summed E-state index contributed by atoms with van der Waals surface area (Å²) in [6.07, 6.45) is 0. The van der Waals surface area contributed by atoms with E-state index >= 15 is 0 Å². The van der Waals surface area contributed by atoms with Crippen molar-refractivity contribution in [2.45, 2.75) is 13.8 Å². The van der Waals surface area contributed by atoms with Gasteiger partial charge in [-0.3, -0.25) is 0 Å². The molecule has 2 aromatic rings. The molecule has 0 N–H and O–H groups in total. The molecular weight excluding hydrogens is 227 g/mol. The Balaban J connectivity index is 2.56. The predicted molar refractivity (Wildman–Crippen MR) is 75.2 cm³/mol. The summed E-state index contributed by atoms with van der Waals surface area (Å²) in [6.45, 7) is 5.93. The normalized spacial score (nSPS) is 14.3. The van der Waals surface area contributed by atoms with Gasteiger partial charge in [0.05, 0.1) is 0 Å². The number of benzene rings is 2. The molecule has 0 aromatic heterocycles. The van der Waals surface area contributed by atoms with Gasteiger partial charge in [0, 0.05) is 10.6 Å². The van der Waals surface area contributed by atoms with Crippen LogP contribution in [-0.2, 0) is 4.57 Å². The fourth-order valence-electron chi connectivity index (χ4n) is 2.06.